The largest absolute Gasteiger partial charge is 0.297 e. The topological polar surface area (TPSA) is 69.7 Å². The molecule has 0 unspecified atom stereocenters. The Morgan fingerprint density at radius 3 is 2.70 bits per heavy atom. The predicted octanol–water partition coefficient (Wildman–Crippen LogP) is 2.82. The Balaban J connectivity index is 1.47. The Labute approximate surface area is 134 Å². The molecule has 2 aromatic carbocycles. The number of fused-ring (bicyclic) bond motifs is 1. The molecule has 0 aliphatic carbocycles. The van der Waals surface area contributed by atoms with Crippen molar-refractivity contribution in [3.8, 4) is 0 Å². The summed E-state index contributed by atoms with van der Waals surface area (Å²) in [6, 6.07) is 14.8. The van der Waals surface area contributed by atoms with Gasteiger partial charge in [0.15, 0.2) is 5.69 Å². The summed E-state index contributed by atoms with van der Waals surface area (Å²) in [5.74, 6) is 0. The van der Waals surface area contributed by atoms with Crippen LogP contribution >= 0.6 is 0 Å². The summed E-state index contributed by atoms with van der Waals surface area (Å²) >= 11 is 0. The predicted molar refractivity (Wildman–Crippen MR) is 86.3 cm³/mol. The molecule has 0 fully saturated rings. The van der Waals surface area contributed by atoms with Crippen LogP contribution < -0.4 is 5.48 Å². The van der Waals surface area contributed by atoms with Gasteiger partial charge in [0, 0.05) is 25.7 Å². The highest BCUT2D eigenvalue weighted by Crippen LogP contribution is 2.23. The third kappa shape index (κ3) is 3.85. The van der Waals surface area contributed by atoms with Crippen LogP contribution in [0.3, 0.4) is 0 Å². The van der Waals surface area contributed by atoms with Gasteiger partial charge in [0.2, 0.25) is 0 Å². The van der Waals surface area contributed by atoms with E-state index in [-0.39, 0.29) is 11.4 Å². The first kappa shape index (κ1) is 15.5. The standard InChI is InChI=1S/C17H18N3O3/c21-20(22)17-8-4-3-7-16(17)18-23-12-11-19-10-9-14-5-1-2-6-15(14)13-19/h1-8H,9-13H2. The normalized spacial score (nSPS) is 14.3. The molecule has 119 valence electrons. The smallest absolute Gasteiger partial charge is 0.296 e. The van der Waals surface area contributed by atoms with Crippen LogP contribution in [0.5, 0.6) is 0 Å². The van der Waals surface area contributed by atoms with Crippen LogP contribution in [0.2, 0.25) is 0 Å². The molecule has 0 amide bonds. The average molecular weight is 312 g/mol. The fourth-order valence-corrected chi connectivity index (χ4v) is 2.73. The summed E-state index contributed by atoms with van der Waals surface area (Å²) in [6.45, 7) is 3.06. The number of hydrogen-bond acceptors (Lipinski definition) is 4. The van der Waals surface area contributed by atoms with Crippen molar-refractivity contribution < 1.29 is 9.76 Å². The maximum absolute atomic E-state index is 10.9. The molecule has 2 aromatic rings. The Morgan fingerprint density at radius 1 is 1.13 bits per heavy atom. The van der Waals surface area contributed by atoms with E-state index in [0.717, 1.165) is 26.1 Å². The molecule has 0 N–H and O–H groups in total. The van der Waals surface area contributed by atoms with Gasteiger partial charge in [-0.05, 0) is 23.6 Å². The molecule has 0 saturated heterocycles. The summed E-state index contributed by atoms with van der Waals surface area (Å²) < 4.78 is 0. The summed E-state index contributed by atoms with van der Waals surface area (Å²) in [5, 5.41) is 10.9. The molecule has 1 heterocycles. The maximum atomic E-state index is 10.9. The third-order valence-corrected chi connectivity index (χ3v) is 3.95. The highest BCUT2D eigenvalue weighted by atomic mass is 16.6. The van der Waals surface area contributed by atoms with Gasteiger partial charge in [-0.15, -0.1) is 5.48 Å². The molecule has 1 aliphatic rings. The number of nitro groups is 1. The fraction of sp³-hybridized carbons (Fsp3) is 0.294. The van der Waals surface area contributed by atoms with Gasteiger partial charge in [-0.3, -0.25) is 19.9 Å². The highest BCUT2D eigenvalue weighted by Gasteiger charge is 2.16. The Hall–Kier alpha value is -2.44. The molecular formula is C17H18N3O3. The van der Waals surface area contributed by atoms with Gasteiger partial charge >= 0.3 is 0 Å². The van der Waals surface area contributed by atoms with Gasteiger partial charge in [0.05, 0.1) is 11.5 Å². The molecule has 1 radical (unpaired) electrons. The minimum Gasteiger partial charge on any atom is -0.296 e. The molecule has 0 atom stereocenters. The molecule has 6 heteroatoms. The number of nitro benzene ring substituents is 1. The van der Waals surface area contributed by atoms with Gasteiger partial charge in [-0.1, -0.05) is 36.4 Å². The Morgan fingerprint density at radius 2 is 1.87 bits per heavy atom. The van der Waals surface area contributed by atoms with Crippen molar-refractivity contribution >= 4 is 11.4 Å². The summed E-state index contributed by atoms with van der Waals surface area (Å²) in [5.41, 5.74) is 6.86. The van der Waals surface area contributed by atoms with E-state index in [0.29, 0.717) is 6.61 Å². The second-order valence-electron chi connectivity index (χ2n) is 5.47. The van der Waals surface area contributed by atoms with Crippen LogP contribution in [-0.4, -0.2) is 29.5 Å². The van der Waals surface area contributed by atoms with Crippen molar-refractivity contribution in [3.05, 3.63) is 69.8 Å². The minimum atomic E-state index is -0.455. The van der Waals surface area contributed by atoms with E-state index >= 15 is 0 Å². The molecule has 0 bridgehead atoms. The quantitative estimate of drug-likeness (QED) is 0.467. The lowest BCUT2D eigenvalue weighted by molar-refractivity contribution is -0.384. The summed E-state index contributed by atoms with van der Waals surface area (Å²) in [4.78, 5) is 18.0. The number of hydrogen-bond donors (Lipinski definition) is 0. The van der Waals surface area contributed by atoms with Crippen molar-refractivity contribution in [2.45, 2.75) is 13.0 Å². The van der Waals surface area contributed by atoms with Crippen molar-refractivity contribution in [2.24, 2.45) is 0 Å². The average Bonchev–Trinajstić information content (AvgIpc) is 2.59. The van der Waals surface area contributed by atoms with Crippen molar-refractivity contribution in [2.75, 3.05) is 19.7 Å². The minimum absolute atomic E-state index is 0.0422. The zero-order chi connectivity index (χ0) is 16.1. The summed E-state index contributed by atoms with van der Waals surface area (Å²) in [7, 11) is 0. The van der Waals surface area contributed by atoms with E-state index < -0.39 is 4.92 Å². The molecule has 0 saturated carbocycles. The first-order chi connectivity index (χ1) is 11.2. The van der Waals surface area contributed by atoms with E-state index in [1.165, 1.54) is 17.2 Å². The van der Waals surface area contributed by atoms with Crippen LogP contribution in [0.4, 0.5) is 11.4 Å². The number of benzene rings is 2. The van der Waals surface area contributed by atoms with E-state index in [9.17, 15) is 10.1 Å². The molecule has 0 spiro atoms. The van der Waals surface area contributed by atoms with Crippen molar-refractivity contribution in [1.29, 1.82) is 0 Å². The highest BCUT2D eigenvalue weighted by molar-refractivity contribution is 5.55. The molecular weight excluding hydrogens is 294 g/mol. The van der Waals surface area contributed by atoms with E-state index in [2.05, 4.69) is 34.6 Å². The van der Waals surface area contributed by atoms with Crippen molar-refractivity contribution in [1.82, 2.24) is 10.4 Å². The van der Waals surface area contributed by atoms with Crippen LogP contribution in [0.25, 0.3) is 0 Å². The molecule has 6 nitrogen and oxygen atoms in total. The van der Waals surface area contributed by atoms with Crippen molar-refractivity contribution in [3.63, 3.8) is 0 Å². The van der Waals surface area contributed by atoms with E-state index in [1.807, 2.05) is 0 Å². The van der Waals surface area contributed by atoms with E-state index in [4.69, 9.17) is 4.84 Å². The molecule has 1 aliphatic heterocycles. The van der Waals surface area contributed by atoms with Crippen LogP contribution in [0.1, 0.15) is 11.1 Å². The third-order valence-electron chi connectivity index (χ3n) is 3.95. The van der Waals surface area contributed by atoms with Gasteiger partial charge in [0.25, 0.3) is 5.69 Å². The molecule has 3 rings (SSSR count). The van der Waals surface area contributed by atoms with Gasteiger partial charge in [-0.2, -0.15) is 0 Å². The number of rotatable bonds is 6. The van der Waals surface area contributed by atoms with Crippen LogP contribution in [0.15, 0.2) is 48.5 Å². The zero-order valence-corrected chi connectivity index (χ0v) is 12.7. The summed E-state index contributed by atoms with van der Waals surface area (Å²) in [6.07, 6.45) is 1.04. The van der Waals surface area contributed by atoms with E-state index in [1.54, 1.807) is 18.2 Å². The van der Waals surface area contributed by atoms with Gasteiger partial charge in [-0.25, -0.2) is 0 Å². The van der Waals surface area contributed by atoms with Crippen LogP contribution in [-0.2, 0) is 17.8 Å². The van der Waals surface area contributed by atoms with Gasteiger partial charge in [0.1, 0.15) is 0 Å². The lowest BCUT2D eigenvalue weighted by Gasteiger charge is -2.28. The SMILES string of the molecule is O=[N+]([O-])c1ccccc1[N]OCCN1CCc2ccccc2C1. The number of para-hydroxylation sites is 1. The first-order valence-electron chi connectivity index (χ1n) is 7.59. The molecule has 0 aromatic heterocycles. The lowest BCUT2D eigenvalue weighted by Crippen LogP contribution is -2.33. The second-order valence-corrected chi connectivity index (χ2v) is 5.47. The monoisotopic (exact) mass is 312 g/mol. The fourth-order valence-electron chi connectivity index (χ4n) is 2.73. The number of nitrogens with zero attached hydrogens (tertiary/aromatic N) is 3. The second kappa shape index (κ2) is 7.21. The Kier molecular flexibility index (Phi) is 4.85. The Bertz CT molecular complexity index is 690. The first-order valence-corrected chi connectivity index (χ1v) is 7.59. The van der Waals surface area contributed by atoms with Gasteiger partial charge < -0.3 is 0 Å². The maximum Gasteiger partial charge on any atom is 0.297 e. The zero-order valence-electron chi connectivity index (χ0n) is 12.7. The lowest BCUT2D eigenvalue weighted by atomic mass is 10.0. The molecule has 23 heavy (non-hydrogen) atoms. The van der Waals surface area contributed by atoms with Crippen LogP contribution in [0, 0.1) is 10.1 Å².